The summed E-state index contributed by atoms with van der Waals surface area (Å²) in [7, 11) is 1.32. The van der Waals surface area contributed by atoms with Crippen LogP contribution in [0.4, 0.5) is 0 Å². The summed E-state index contributed by atoms with van der Waals surface area (Å²) in [5, 5.41) is 2.75. The Kier molecular flexibility index (Phi) is 3.93. The van der Waals surface area contributed by atoms with E-state index < -0.39 is 6.04 Å². The first-order valence-corrected chi connectivity index (χ1v) is 5.77. The predicted octanol–water partition coefficient (Wildman–Crippen LogP) is -0.727. The summed E-state index contributed by atoms with van der Waals surface area (Å²) >= 11 is 0. The van der Waals surface area contributed by atoms with Crippen LogP contribution in [0.2, 0.25) is 0 Å². The van der Waals surface area contributed by atoms with Crippen LogP contribution in [0, 0.1) is 0 Å². The minimum Gasteiger partial charge on any atom is -0.469 e. The average Bonchev–Trinajstić information content (AvgIpc) is 2.86. The molecular formula is C11H16N4O3. The lowest BCUT2D eigenvalue weighted by molar-refractivity contribution is -0.146. The SMILES string of the molecule is COC(=O)C[C@@H]1C(=O)NCCN1Cc1ncc[nH]1. The maximum absolute atomic E-state index is 11.8. The van der Waals surface area contributed by atoms with Crippen LogP contribution in [0.5, 0.6) is 0 Å². The fraction of sp³-hybridized carbons (Fsp3) is 0.545. The maximum Gasteiger partial charge on any atom is 0.307 e. The Morgan fingerprint density at radius 2 is 2.50 bits per heavy atom. The molecule has 0 spiro atoms. The zero-order valence-electron chi connectivity index (χ0n) is 10.2. The first-order chi connectivity index (χ1) is 8.70. The standard InChI is InChI=1S/C11H16N4O3/c1-18-10(16)6-8-11(17)14-4-5-15(8)7-9-12-2-3-13-9/h2-3,8H,4-7H2,1H3,(H,12,13)(H,14,17)/t8-/m1/s1. The molecule has 0 bridgehead atoms. The van der Waals surface area contributed by atoms with Crippen LogP contribution in [-0.4, -0.2) is 53.0 Å². The zero-order chi connectivity index (χ0) is 13.0. The minimum atomic E-state index is -0.490. The molecule has 1 saturated heterocycles. The highest BCUT2D eigenvalue weighted by molar-refractivity contribution is 5.87. The number of amides is 1. The number of aromatic amines is 1. The second-order valence-corrected chi connectivity index (χ2v) is 4.09. The number of nitrogens with one attached hydrogen (secondary N) is 2. The van der Waals surface area contributed by atoms with Gasteiger partial charge in [0.1, 0.15) is 11.9 Å². The summed E-state index contributed by atoms with van der Waals surface area (Å²) in [6, 6.07) is -0.490. The van der Waals surface area contributed by atoms with Crippen molar-refractivity contribution in [3.8, 4) is 0 Å². The molecule has 2 rings (SSSR count). The van der Waals surface area contributed by atoms with E-state index in [2.05, 4.69) is 20.0 Å². The Balaban J connectivity index is 2.04. The molecule has 1 aliphatic heterocycles. The van der Waals surface area contributed by atoms with Crippen molar-refractivity contribution in [3.05, 3.63) is 18.2 Å². The van der Waals surface area contributed by atoms with E-state index in [1.54, 1.807) is 12.4 Å². The highest BCUT2D eigenvalue weighted by atomic mass is 16.5. The fourth-order valence-corrected chi connectivity index (χ4v) is 1.99. The highest BCUT2D eigenvalue weighted by Crippen LogP contribution is 2.12. The van der Waals surface area contributed by atoms with E-state index in [1.807, 2.05) is 4.90 Å². The van der Waals surface area contributed by atoms with Gasteiger partial charge < -0.3 is 15.0 Å². The number of imidazole rings is 1. The van der Waals surface area contributed by atoms with Gasteiger partial charge in [-0.25, -0.2) is 4.98 Å². The van der Waals surface area contributed by atoms with E-state index in [-0.39, 0.29) is 18.3 Å². The van der Waals surface area contributed by atoms with Crippen molar-refractivity contribution in [2.24, 2.45) is 0 Å². The number of aromatic nitrogens is 2. The van der Waals surface area contributed by atoms with Gasteiger partial charge in [-0.15, -0.1) is 0 Å². The molecule has 2 N–H and O–H groups in total. The zero-order valence-corrected chi connectivity index (χ0v) is 10.2. The summed E-state index contributed by atoms with van der Waals surface area (Å²) in [6.45, 7) is 1.79. The first-order valence-electron chi connectivity index (χ1n) is 5.77. The lowest BCUT2D eigenvalue weighted by Crippen LogP contribution is -2.55. The number of nitrogens with zero attached hydrogens (tertiary/aromatic N) is 2. The number of H-pyrrole nitrogens is 1. The van der Waals surface area contributed by atoms with Gasteiger partial charge in [0.2, 0.25) is 5.91 Å². The van der Waals surface area contributed by atoms with Gasteiger partial charge in [-0.3, -0.25) is 14.5 Å². The largest absolute Gasteiger partial charge is 0.469 e. The van der Waals surface area contributed by atoms with Crippen LogP contribution in [0.3, 0.4) is 0 Å². The van der Waals surface area contributed by atoms with Crippen molar-refractivity contribution in [1.29, 1.82) is 0 Å². The molecule has 1 aromatic rings. The average molecular weight is 252 g/mol. The second kappa shape index (κ2) is 5.63. The number of piperazine rings is 1. The number of rotatable bonds is 4. The van der Waals surface area contributed by atoms with E-state index in [9.17, 15) is 9.59 Å². The molecular weight excluding hydrogens is 236 g/mol. The molecule has 0 saturated carbocycles. The minimum absolute atomic E-state index is 0.0586. The maximum atomic E-state index is 11.8. The van der Waals surface area contributed by atoms with Crippen LogP contribution in [0.1, 0.15) is 12.2 Å². The van der Waals surface area contributed by atoms with Crippen molar-refractivity contribution < 1.29 is 14.3 Å². The monoisotopic (exact) mass is 252 g/mol. The Morgan fingerprint density at radius 1 is 1.67 bits per heavy atom. The molecule has 7 heteroatoms. The third kappa shape index (κ3) is 2.86. The number of hydrogen-bond acceptors (Lipinski definition) is 5. The Bertz CT molecular complexity index is 418. The third-order valence-corrected chi connectivity index (χ3v) is 2.94. The van der Waals surface area contributed by atoms with Crippen molar-refractivity contribution in [2.45, 2.75) is 19.0 Å². The van der Waals surface area contributed by atoms with Crippen LogP contribution >= 0.6 is 0 Å². The van der Waals surface area contributed by atoms with Gasteiger partial charge in [0.15, 0.2) is 0 Å². The van der Waals surface area contributed by atoms with Gasteiger partial charge in [-0.05, 0) is 0 Å². The third-order valence-electron chi connectivity index (χ3n) is 2.94. The van der Waals surface area contributed by atoms with Crippen LogP contribution in [0.25, 0.3) is 0 Å². The van der Waals surface area contributed by atoms with Crippen LogP contribution < -0.4 is 5.32 Å². The first kappa shape index (κ1) is 12.6. The highest BCUT2D eigenvalue weighted by Gasteiger charge is 2.32. The topological polar surface area (TPSA) is 87.3 Å². The van der Waals surface area contributed by atoms with Crippen molar-refractivity contribution in [1.82, 2.24) is 20.2 Å². The van der Waals surface area contributed by atoms with Crippen molar-refractivity contribution >= 4 is 11.9 Å². The van der Waals surface area contributed by atoms with Crippen molar-refractivity contribution in [3.63, 3.8) is 0 Å². The van der Waals surface area contributed by atoms with Gasteiger partial charge in [-0.1, -0.05) is 0 Å². The molecule has 0 aromatic carbocycles. The van der Waals surface area contributed by atoms with Gasteiger partial charge in [0.25, 0.3) is 0 Å². The van der Waals surface area contributed by atoms with Crippen LogP contribution in [0.15, 0.2) is 12.4 Å². The molecule has 1 fully saturated rings. The summed E-state index contributed by atoms with van der Waals surface area (Å²) in [5.41, 5.74) is 0. The molecule has 1 aliphatic rings. The predicted molar refractivity (Wildman–Crippen MR) is 62.4 cm³/mol. The number of ether oxygens (including phenoxy) is 1. The molecule has 0 radical (unpaired) electrons. The molecule has 98 valence electrons. The molecule has 0 unspecified atom stereocenters. The number of carbonyl (C=O) groups excluding carboxylic acids is 2. The van der Waals surface area contributed by atoms with Gasteiger partial charge in [0.05, 0.1) is 20.1 Å². The lowest BCUT2D eigenvalue weighted by Gasteiger charge is -2.33. The summed E-state index contributed by atoms with van der Waals surface area (Å²) < 4.78 is 4.62. The quantitative estimate of drug-likeness (QED) is 0.690. The Morgan fingerprint density at radius 3 is 3.17 bits per heavy atom. The molecule has 18 heavy (non-hydrogen) atoms. The summed E-state index contributed by atoms with van der Waals surface area (Å²) in [6.07, 6.45) is 3.45. The Labute approximate surface area is 105 Å². The number of methoxy groups -OCH3 is 1. The van der Waals surface area contributed by atoms with E-state index in [0.717, 1.165) is 5.82 Å². The van der Waals surface area contributed by atoms with E-state index in [0.29, 0.717) is 19.6 Å². The molecule has 1 atom stereocenters. The smallest absolute Gasteiger partial charge is 0.307 e. The van der Waals surface area contributed by atoms with Crippen molar-refractivity contribution in [2.75, 3.05) is 20.2 Å². The lowest BCUT2D eigenvalue weighted by atomic mass is 10.1. The van der Waals surface area contributed by atoms with E-state index >= 15 is 0 Å². The van der Waals surface area contributed by atoms with Crippen LogP contribution in [-0.2, 0) is 20.9 Å². The van der Waals surface area contributed by atoms with E-state index in [1.165, 1.54) is 7.11 Å². The second-order valence-electron chi connectivity index (χ2n) is 4.09. The number of hydrogen-bond donors (Lipinski definition) is 2. The Hall–Kier alpha value is -1.89. The summed E-state index contributed by atoms with van der Waals surface area (Å²) in [5.74, 6) is 0.249. The van der Waals surface area contributed by atoms with Gasteiger partial charge in [-0.2, -0.15) is 0 Å². The van der Waals surface area contributed by atoms with Gasteiger partial charge >= 0.3 is 5.97 Å². The van der Waals surface area contributed by atoms with E-state index in [4.69, 9.17) is 0 Å². The molecule has 1 amide bonds. The number of carbonyl (C=O) groups is 2. The van der Waals surface area contributed by atoms with Gasteiger partial charge in [0, 0.05) is 25.5 Å². The molecule has 1 aromatic heterocycles. The molecule has 7 nitrogen and oxygen atoms in total. The normalized spacial score (nSPS) is 20.5. The summed E-state index contributed by atoms with van der Waals surface area (Å²) in [4.78, 5) is 32.2. The fourth-order valence-electron chi connectivity index (χ4n) is 1.99. The number of esters is 1. The molecule has 0 aliphatic carbocycles. The molecule has 2 heterocycles.